The maximum atomic E-state index is 13.5. The first-order valence-electron chi connectivity index (χ1n) is 12.3. The zero-order valence-corrected chi connectivity index (χ0v) is 22.8. The van der Waals surface area contributed by atoms with Crippen LogP contribution in [0, 0.1) is 11.8 Å². The molecule has 1 saturated heterocycles. The van der Waals surface area contributed by atoms with Gasteiger partial charge in [0.15, 0.2) is 0 Å². The Labute approximate surface area is 227 Å². The fourth-order valence-electron chi connectivity index (χ4n) is 4.65. The molecule has 216 valence electrons. The van der Waals surface area contributed by atoms with Gasteiger partial charge in [-0.3, -0.25) is 14.5 Å². The van der Waals surface area contributed by atoms with E-state index in [2.05, 4.69) is 4.99 Å². The van der Waals surface area contributed by atoms with Crippen LogP contribution in [-0.4, -0.2) is 64.6 Å². The molecule has 1 atom stereocenters. The first-order chi connectivity index (χ1) is 17.9. The van der Waals surface area contributed by atoms with Crippen molar-refractivity contribution in [3.8, 4) is 0 Å². The fraction of sp³-hybridized carbons (Fsp3) is 0.577. The number of hydrogen-bond acceptors (Lipinski definition) is 5. The zero-order valence-electron chi connectivity index (χ0n) is 22.0. The number of halogens is 6. The molecule has 0 unspecified atom stereocenters. The van der Waals surface area contributed by atoms with Crippen molar-refractivity contribution in [2.75, 3.05) is 27.2 Å². The highest BCUT2D eigenvalue weighted by molar-refractivity contribution is 8.18. The van der Waals surface area contributed by atoms with Crippen LogP contribution < -0.4 is 0 Å². The number of carbonyl (C=O) groups excluding carboxylic acids is 2. The van der Waals surface area contributed by atoms with Gasteiger partial charge in [-0.25, -0.2) is 4.99 Å². The Morgan fingerprint density at radius 3 is 2.28 bits per heavy atom. The van der Waals surface area contributed by atoms with Gasteiger partial charge in [-0.15, -0.1) is 0 Å². The Kier molecular flexibility index (Phi) is 9.28. The van der Waals surface area contributed by atoms with E-state index in [0.29, 0.717) is 42.6 Å². The van der Waals surface area contributed by atoms with E-state index in [1.165, 1.54) is 18.7 Å². The van der Waals surface area contributed by atoms with Crippen LogP contribution in [0.15, 0.2) is 34.2 Å². The molecule has 1 fully saturated rings. The number of carbonyl (C=O) groups is 2. The Bertz CT molecular complexity index is 1150. The lowest BCUT2D eigenvalue weighted by Crippen LogP contribution is -2.43. The second-order valence-corrected chi connectivity index (χ2v) is 11.6. The van der Waals surface area contributed by atoms with Crippen LogP contribution >= 0.6 is 11.8 Å². The molecule has 1 N–H and O–H groups in total. The Morgan fingerprint density at radius 2 is 1.77 bits per heavy atom. The first kappa shape index (κ1) is 31.2. The number of allylic oxidation sites excluding steroid dienone is 2. The third-order valence-corrected chi connectivity index (χ3v) is 7.71. The summed E-state index contributed by atoms with van der Waals surface area (Å²) in [7, 11) is 3.15. The van der Waals surface area contributed by atoms with Gasteiger partial charge in [-0.2, -0.15) is 26.3 Å². The minimum atomic E-state index is -4.92. The highest BCUT2D eigenvalue weighted by Gasteiger charge is 2.39. The maximum Gasteiger partial charge on any atom is 0.416 e. The fourth-order valence-corrected chi connectivity index (χ4v) is 5.50. The molecule has 0 aliphatic carbocycles. The van der Waals surface area contributed by atoms with Crippen molar-refractivity contribution in [2.45, 2.75) is 57.6 Å². The molecular formula is C26H31F6N3O3S. The number of amides is 2. The molecule has 0 radical (unpaired) electrons. The summed E-state index contributed by atoms with van der Waals surface area (Å²) < 4.78 is 79.4. The van der Waals surface area contributed by atoms with Crippen LogP contribution in [0.25, 0.3) is 0 Å². The van der Waals surface area contributed by atoms with Crippen molar-refractivity contribution in [2.24, 2.45) is 16.8 Å². The molecule has 6 nitrogen and oxygen atoms in total. The lowest BCUT2D eigenvalue weighted by molar-refractivity contribution is -0.144. The molecule has 0 aromatic heterocycles. The van der Waals surface area contributed by atoms with Gasteiger partial charge in [0.1, 0.15) is 0 Å². The van der Waals surface area contributed by atoms with Gasteiger partial charge in [0.25, 0.3) is 0 Å². The molecule has 0 spiro atoms. The van der Waals surface area contributed by atoms with Gasteiger partial charge in [0.2, 0.25) is 5.91 Å². The number of aliphatic hydroxyl groups is 1. The van der Waals surface area contributed by atoms with Crippen molar-refractivity contribution in [3.05, 3.63) is 45.9 Å². The summed E-state index contributed by atoms with van der Waals surface area (Å²) in [5.41, 5.74) is -3.80. The molecule has 2 heterocycles. The summed E-state index contributed by atoms with van der Waals surface area (Å²) in [6.07, 6.45) is -6.74. The van der Waals surface area contributed by atoms with Crippen LogP contribution in [0.1, 0.15) is 49.8 Å². The summed E-state index contributed by atoms with van der Waals surface area (Å²) >= 11 is 0.933. The second kappa shape index (κ2) is 11.6. The van der Waals surface area contributed by atoms with Crippen LogP contribution in [0.4, 0.5) is 31.1 Å². The van der Waals surface area contributed by atoms with E-state index in [1.54, 1.807) is 19.0 Å². The van der Waals surface area contributed by atoms with Crippen LogP contribution in [0.3, 0.4) is 0 Å². The summed E-state index contributed by atoms with van der Waals surface area (Å²) in [6.45, 7) is 3.70. The predicted molar refractivity (Wildman–Crippen MR) is 136 cm³/mol. The second-order valence-electron chi connectivity index (χ2n) is 10.6. The maximum absolute atomic E-state index is 13.5. The van der Waals surface area contributed by atoms with Crippen molar-refractivity contribution in [3.63, 3.8) is 0 Å². The Balaban J connectivity index is 1.70. The third kappa shape index (κ3) is 8.07. The smallest absolute Gasteiger partial charge is 0.390 e. The number of thioether (sulfide) groups is 1. The van der Waals surface area contributed by atoms with Gasteiger partial charge in [-0.1, -0.05) is 12.1 Å². The summed E-state index contributed by atoms with van der Waals surface area (Å²) in [4.78, 5) is 32.5. The SMILES string of the molecule is CN(C)C(=O)[C@@H](CC1=NC(=O)S/C1=C\C1CCN(Cc2ccc(C(F)(F)F)cc2C(F)(F)F)CC1)C(C)(C)O. The van der Waals surface area contributed by atoms with Gasteiger partial charge in [0, 0.05) is 32.0 Å². The van der Waals surface area contributed by atoms with E-state index < -0.39 is 40.2 Å². The average Bonchev–Trinajstić information content (AvgIpc) is 3.14. The molecule has 0 bridgehead atoms. The quantitative estimate of drug-likeness (QED) is 0.402. The molecule has 2 aliphatic rings. The van der Waals surface area contributed by atoms with E-state index in [-0.39, 0.29) is 36.4 Å². The van der Waals surface area contributed by atoms with E-state index in [1.807, 2.05) is 6.08 Å². The summed E-state index contributed by atoms with van der Waals surface area (Å²) in [6, 6.07) is 1.71. The normalized spacial score (nSPS) is 19.9. The molecular weight excluding hydrogens is 548 g/mol. The molecule has 2 aliphatic heterocycles. The molecule has 2 amide bonds. The third-order valence-electron chi connectivity index (χ3n) is 6.85. The lowest BCUT2D eigenvalue weighted by Gasteiger charge is -2.32. The minimum Gasteiger partial charge on any atom is -0.390 e. The van der Waals surface area contributed by atoms with Crippen molar-refractivity contribution >= 4 is 28.6 Å². The number of piperidine rings is 1. The lowest BCUT2D eigenvalue weighted by atomic mass is 9.84. The monoisotopic (exact) mass is 579 g/mol. The average molecular weight is 580 g/mol. The van der Waals surface area contributed by atoms with Crippen molar-refractivity contribution < 1.29 is 41.0 Å². The van der Waals surface area contributed by atoms with E-state index in [0.717, 1.165) is 17.8 Å². The molecule has 13 heteroatoms. The number of aliphatic imine (C=N–C) groups is 1. The topological polar surface area (TPSA) is 73.2 Å². The highest BCUT2D eigenvalue weighted by atomic mass is 32.2. The Morgan fingerprint density at radius 1 is 1.15 bits per heavy atom. The van der Waals surface area contributed by atoms with Gasteiger partial charge < -0.3 is 10.0 Å². The first-order valence-corrected chi connectivity index (χ1v) is 13.1. The standard InChI is InChI=1S/C26H31F6N3O3S/c1-24(2,38)19(22(36)34(3)4)13-20-21(39-23(37)33-20)11-15-7-9-35(10-8-15)14-16-5-6-17(25(27,28)29)12-18(16)26(30,31)32/h5-6,11-12,15,19,38H,7-10,13-14H2,1-4H3/b21-11-/t19-/m1/s1. The number of hydrogen-bond donors (Lipinski definition) is 1. The van der Waals surface area contributed by atoms with Gasteiger partial charge in [-0.05, 0) is 75.2 Å². The number of rotatable bonds is 7. The number of likely N-dealkylation sites (tertiary alicyclic amines) is 1. The van der Waals surface area contributed by atoms with E-state index >= 15 is 0 Å². The van der Waals surface area contributed by atoms with Crippen LogP contribution in [0.2, 0.25) is 0 Å². The van der Waals surface area contributed by atoms with Crippen LogP contribution in [0.5, 0.6) is 0 Å². The largest absolute Gasteiger partial charge is 0.416 e. The minimum absolute atomic E-state index is 0.0142. The van der Waals surface area contributed by atoms with Crippen molar-refractivity contribution in [1.82, 2.24) is 9.80 Å². The molecule has 1 aromatic rings. The number of nitrogens with zero attached hydrogens (tertiary/aromatic N) is 3. The summed E-state index contributed by atoms with van der Waals surface area (Å²) in [5.74, 6) is -1.14. The molecule has 0 saturated carbocycles. The Hall–Kier alpha value is -2.38. The number of alkyl halides is 6. The van der Waals surface area contributed by atoms with E-state index in [9.17, 15) is 41.0 Å². The predicted octanol–water partition coefficient (Wildman–Crippen LogP) is 5.99. The molecule has 39 heavy (non-hydrogen) atoms. The zero-order chi connectivity index (χ0) is 29.3. The van der Waals surface area contributed by atoms with Crippen molar-refractivity contribution in [1.29, 1.82) is 0 Å². The van der Waals surface area contributed by atoms with Crippen LogP contribution in [-0.2, 0) is 23.7 Å². The number of benzene rings is 1. The molecule has 3 rings (SSSR count). The van der Waals surface area contributed by atoms with Gasteiger partial charge in [0.05, 0.1) is 28.4 Å². The molecule has 1 aromatic carbocycles. The van der Waals surface area contributed by atoms with E-state index in [4.69, 9.17) is 0 Å². The summed E-state index contributed by atoms with van der Waals surface area (Å²) in [5, 5.41) is 10.1. The van der Waals surface area contributed by atoms with Gasteiger partial charge >= 0.3 is 17.6 Å². The highest BCUT2D eigenvalue weighted by Crippen LogP contribution is 2.39.